The molecule has 6 heteroatoms. The number of nitrogens with two attached hydrogens (primary N) is 1. The van der Waals surface area contributed by atoms with Crippen LogP contribution in [0.1, 0.15) is 15.9 Å². The Bertz CT molecular complexity index is 689. The smallest absolute Gasteiger partial charge is 0.261 e. The molecule has 0 aliphatic rings. The molecular weight excluding hydrogens is 330 g/mol. The Kier molecular flexibility index (Phi) is 4.04. The molecule has 2 rings (SSSR count). The van der Waals surface area contributed by atoms with E-state index in [1.165, 1.54) is 0 Å². The third-order valence-corrected chi connectivity index (χ3v) is 3.29. The molecule has 0 saturated carbocycles. The first kappa shape index (κ1) is 14.5. The van der Waals surface area contributed by atoms with E-state index in [4.69, 9.17) is 5.73 Å². The number of nitrogens with one attached hydrogen (secondary N) is 1. The van der Waals surface area contributed by atoms with E-state index < -0.39 is 23.1 Å². The van der Waals surface area contributed by atoms with Gasteiger partial charge in [-0.3, -0.25) is 4.79 Å². The quantitative estimate of drug-likeness (QED) is 0.815. The Morgan fingerprint density at radius 3 is 2.65 bits per heavy atom. The molecule has 0 atom stereocenters. The molecule has 0 saturated heterocycles. The lowest BCUT2D eigenvalue weighted by Crippen LogP contribution is -2.17. The molecule has 0 aliphatic carbocycles. The lowest BCUT2D eigenvalue weighted by atomic mass is 10.1. The van der Waals surface area contributed by atoms with Crippen molar-refractivity contribution in [1.29, 1.82) is 0 Å². The maximum atomic E-state index is 13.8. The van der Waals surface area contributed by atoms with Crippen LogP contribution in [-0.4, -0.2) is 5.91 Å². The minimum Gasteiger partial charge on any atom is -0.396 e. The molecule has 0 spiro atoms. The van der Waals surface area contributed by atoms with Crippen molar-refractivity contribution in [2.75, 3.05) is 11.1 Å². The fraction of sp³-hybridized carbons (Fsp3) is 0.0714. The van der Waals surface area contributed by atoms with Gasteiger partial charge in [-0.25, -0.2) is 8.78 Å². The van der Waals surface area contributed by atoms with Crippen molar-refractivity contribution < 1.29 is 13.6 Å². The maximum Gasteiger partial charge on any atom is 0.261 e. The standard InChI is InChI=1S/C14H11BrF2N2O/c1-7-2-3-8(15)6-11(7)19-14(20)12-9(16)4-5-10(18)13(12)17/h2-6H,18H2,1H3,(H,19,20). The molecule has 2 aromatic carbocycles. The highest BCUT2D eigenvalue weighted by Crippen LogP contribution is 2.23. The molecule has 0 aliphatic heterocycles. The summed E-state index contributed by atoms with van der Waals surface area (Å²) in [6, 6.07) is 7.25. The van der Waals surface area contributed by atoms with Crippen LogP contribution in [0.5, 0.6) is 0 Å². The van der Waals surface area contributed by atoms with Gasteiger partial charge in [-0.1, -0.05) is 22.0 Å². The van der Waals surface area contributed by atoms with Crippen LogP contribution in [0, 0.1) is 18.6 Å². The van der Waals surface area contributed by atoms with Crippen LogP contribution < -0.4 is 11.1 Å². The highest BCUT2D eigenvalue weighted by atomic mass is 79.9. The second kappa shape index (κ2) is 5.58. The van der Waals surface area contributed by atoms with Gasteiger partial charge in [-0.15, -0.1) is 0 Å². The molecule has 0 radical (unpaired) electrons. The summed E-state index contributed by atoms with van der Waals surface area (Å²) in [6.07, 6.45) is 0. The molecule has 20 heavy (non-hydrogen) atoms. The average molecular weight is 341 g/mol. The van der Waals surface area contributed by atoms with E-state index in [0.717, 1.165) is 22.2 Å². The number of rotatable bonds is 2. The lowest BCUT2D eigenvalue weighted by molar-refractivity contribution is 0.101. The van der Waals surface area contributed by atoms with Crippen molar-refractivity contribution in [3.8, 4) is 0 Å². The first-order valence-electron chi connectivity index (χ1n) is 5.71. The predicted octanol–water partition coefficient (Wildman–Crippen LogP) is 3.87. The molecule has 0 fully saturated rings. The highest BCUT2D eigenvalue weighted by Gasteiger charge is 2.20. The number of halogens is 3. The van der Waals surface area contributed by atoms with Crippen molar-refractivity contribution in [2.45, 2.75) is 6.92 Å². The van der Waals surface area contributed by atoms with E-state index in [1.807, 2.05) is 0 Å². The molecule has 2 aromatic rings. The number of hydrogen-bond acceptors (Lipinski definition) is 2. The van der Waals surface area contributed by atoms with Gasteiger partial charge in [0.25, 0.3) is 5.91 Å². The number of hydrogen-bond donors (Lipinski definition) is 2. The Morgan fingerprint density at radius 1 is 1.25 bits per heavy atom. The SMILES string of the molecule is Cc1ccc(Br)cc1NC(=O)c1c(F)ccc(N)c1F. The monoisotopic (exact) mass is 340 g/mol. The molecule has 1 amide bonds. The molecule has 0 aromatic heterocycles. The summed E-state index contributed by atoms with van der Waals surface area (Å²) >= 11 is 3.26. The lowest BCUT2D eigenvalue weighted by Gasteiger charge is -2.11. The second-order valence-electron chi connectivity index (χ2n) is 4.24. The normalized spacial score (nSPS) is 10.4. The Hall–Kier alpha value is -1.95. The first-order chi connectivity index (χ1) is 9.40. The Labute approximate surface area is 122 Å². The van der Waals surface area contributed by atoms with Crippen LogP contribution >= 0.6 is 15.9 Å². The fourth-order valence-electron chi connectivity index (χ4n) is 1.69. The van der Waals surface area contributed by atoms with Gasteiger partial charge < -0.3 is 11.1 Å². The number of carbonyl (C=O) groups excluding carboxylic acids is 1. The van der Waals surface area contributed by atoms with Gasteiger partial charge in [0.2, 0.25) is 0 Å². The van der Waals surface area contributed by atoms with Gasteiger partial charge >= 0.3 is 0 Å². The summed E-state index contributed by atoms with van der Waals surface area (Å²) in [7, 11) is 0. The van der Waals surface area contributed by atoms with Crippen LogP contribution in [0.15, 0.2) is 34.8 Å². The Balaban J connectivity index is 2.38. The van der Waals surface area contributed by atoms with E-state index >= 15 is 0 Å². The molecule has 0 heterocycles. The average Bonchev–Trinajstić information content (AvgIpc) is 2.39. The highest BCUT2D eigenvalue weighted by molar-refractivity contribution is 9.10. The minimum atomic E-state index is -1.06. The van der Waals surface area contributed by atoms with Gasteiger partial charge in [-0.05, 0) is 36.8 Å². The number of nitrogen functional groups attached to an aromatic ring is 1. The van der Waals surface area contributed by atoms with E-state index in [9.17, 15) is 13.6 Å². The number of benzene rings is 2. The summed E-state index contributed by atoms with van der Waals surface area (Å²) in [5.74, 6) is -2.90. The van der Waals surface area contributed by atoms with Crippen molar-refractivity contribution in [1.82, 2.24) is 0 Å². The Morgan fingerprint density at radius 2 is 1.95 bits per heavy atom. The molecule has 104 valence electrons. The topological polar surface area (TPSA) is 55.1 Å². The van der Waals surface area contributed by atoms with Crippen molar-refractivity contribution >= 4 is 33.2 Å². The van der Waals surface area contributed by atoms with Crippen molar-refractivity contribution in [3.63, 3.8) is 0 Å². The van der Waals surface area contributed by atoms with E-state index in [-0.39, 0.29) is 5.69 Å². The van der Waals surface area contributed by atoms with Crippen LogP contribution in [0.2, 0.25) is 0 Å². The maximum absolute atomic E-state index is 13.8. The summed E-state index contributed by atoms with van der Waals surface area (Å²) < 4.78 is 28.1. The van der Waals surface area contributed by atoms with Gasteiger partial charge in [-0.2, -0.15) is 0 Å². The molecule has 3 N–H and O–H groups in total. The van der Waals surface area contributed by atoms with Crippen LogP contribution in [0.4, 0.5) is 20.2 Å². The van der Waals surface area contributed by atoms with Crippen LogP contribution in [-0.2, 0) is 0 Å². The van der Waals surface area contributed by atoms with Gasteiger partial charge in [0, 0.05) is 10.2 Å². The van der Waals surface area contributed by atoms with Crippen LogP contribution in [0.25, 0.3) is 0 Å². The predicted molar refractivity (Wildman–Crippen MR) is 77.6 cm³/mol. The second-order valence-corrected chi connectivity index (χ2v) is 5.15. The van der Waals surface area contributed by atoms with Crippen LogP contribution in [0.3, 0.4) is 0 Å². The molecule has 0 bridgehead atoms. The summed E-state index contributed by atoms with van der Waals surface area (Å²) in [5.41, 5.74) is 5.61. The number of aryl methyl sites for hydroxylation is 1. The molecular formula is C14H11BrF2N2O. The number of anilines is 2. The van der Waals surface area contributed by atoms with E-state index in [2.05, 4.69) is 21.2 Å². The van der Waals surface area contributed by atoms with Crippen molar-refractivity contribution in [3.05, 3.63) is 57.6 Å². The summed E-state index contributed by atoms with van der Waals surface area (Å²) in [5, 5.41) is 2.47. The molecule has 0 unspecified atom stereocenters. The van der Waals surface area contributed by atoms with Gasteiger partial charge in [0.05, 0.1) is 5.69 Å². The zero-order valence-corrected chi connectivity index (χ0v) is 12.1. The first-order valence-corrected chi connectivity index (χ1v) is 6.50. The molecule has 3 nitrogen and oxygen atoms in total. The zero-order valence-electron chi connectivity index (χ0n) is 10.5. The van der Waals surface area contributed by atoms with Crippen molar-refractivity contribution in [2.24, 2.45) is 0 Å². The third-order valence-electron chi connectivity index (χ3n) is 2.80. The van der Waals surface area contributed by atoms with Gasteiger partial charge in [0.1, 0.15) is 11.4 Å². The third kappa shape index (κ3) is 2.80. The summed E-state index contributed by atoms with van der Waals surface area (Å²) in [4.78, 5) is 12.0. The van der Waals surface area contributed by atoms with Gasteiger partial charge in [0.15, 0.2) is 5.82 Å². The van der Waals surface area contributed by atoms with E-state index in [1.54, 1.807) is 25.1 Å². The zero-order chi connectivity index (χ0) is 14.9. The number of amides is 1. The summed E-state index contributed by atoms with van der Waals surface area (Å²) in [6.45, 7) is 1.77. The minimum absolute atomic E-state index is 0.275. The fourth-order valence-corrected chi connectivity index (χ4v) is 2.05. The largest absolute Gasteiger partial charge is 0.396 e. The van der Waals surface area contributed by atoms with E-state index in [0.29, 0.717) is 5.69 Å². The number of carbonyl (C=O) groups is 1.